The number of anilines is 2. The molecule has 0 aliphatic rings. The Morgan fingerprint density at radius 1 is 1.12 bits per heavy atom. The van der Waals surface area contributed by atoms with Crippen molar-refractivity contribution in [3.8, 4) is 6.07 Å². The molecule has 0 saturated carbocycles. The number of pyridine rings is 1. The number of nitriles is 1. The third-order valence-electron chi connectivity index (χ3n) is 2.19. The fourth-order valence-corrected chi connectivity index (χ4v) is 1.40. The first-order valence-corrected chi connectivity index (χ1v) is 5.01. The lowest BCUT2D eigenvalue weighted by Gasteiger charge is -2.05. The van der Waals surface area contributed by atoms with Crippen LogP contribution in [-0.2, 0) is 6.42 Å². The van der Waals surface area contributed by atoms with E-state index in [1.165, 1.54) is 0 Å². The molecule has 1 aromatic heterocycles. The molecule has 1 heterocycles. The number of rotatable bonds is 3. The van der Waals surface area contributed by atoms with E-state index in [4.69, 9.17) is 5.26 Å². The summed E-state index contributed by atoms with van der Waals surface area (Å²) >= 11 is 0. The Hall–Kier alpha value is -2.34. The number of hydrogen-bond donors (Lipinski definition) is 1. The van der Waals surface area contributed by atoms with E-state index in [2.05, 4.69) is 16.4 Å². The van der Waals surface area contributed by atoms with Crippen LogP contribution in [0.25, 0.3) is 0 Å². The van der Waals surface area contributed by atoms with E-state index in [0.717, 1.165) is 16.9 Å². The Labute approximate surface area is 94.4 Å². The van der Waals surface area contributed by atoms with Gasteiger partial charge in [-0.2, -0.15) is 5.26 Å². The predicted molar refractivity (Wildman–Crippen MR) is 63.3 cm³/mol. The zero-order valence-electron chi connectivity index (χ0n) is 8.72. The molecule has 3 nitrogen and oxygen atoms in total. The van der Waals surface area contributed by atoms with Crippen LogP contribution in [0.4, 0.5) is 11.4 Å². The van der Waals surface area contributed by atoms with Gasteiger partial charge in [0, 0.05) is 11.9 Å². The van der Waals surface area contributed by atoms with Crippen molar-refractivity contribution in [2.45, 2.75) is 6.42 Å². The number of nitrogens with zero attached hydrogens (tertiary/aromatic N) is 2. The highest BCUT2D eigenvalue weighted by Crippen LogP contribution is 2.15. The summed E-state index contributed by atoms with van der Waals surface area (Å²) < 4.78 is 0. The van der Waals surface area contributed by atoms with Crippen LogP contribution in [0.3, 0.4) is 0 Å². The van der Waals surface area contributed by atoms with Crippen molar-refractivity contribution in [2.24, 2.45) is 0 Å². The second-order valence-corrected chi connectivity index (χ2v) is 3.40. The maximum atomic E-state index is 8.55. The molecule has 0 saturated heterocycles. The molecule has 0 amide bonds. The van der Waals surface area contributed by atoms with Gasteiger partial charge in [0.05, 0.1) is 24.4 Å². The van der Waals surface area contributed by atoms with Gasteiger partial charge >= 0.3 is 0 Å². The van der Waals surface area contributed by atoms with Crippen LogP contribution in [0.2, 0.25) is 0 Å². The van der Waals surface area contributed by atoms with Gasteiger partial charge in [-0.3, -0.25) is 4.98 Å². The van der Waals surface area contributed by atoms with Gasteiger partial charge in [-0.1, -0.05) is 12.1 Å². The molecular formula is C13H11N3. The monoisotopic (exact) mass is 209 g/mol. The maximum absolute atomic E-state index is 8.55. The van der Waals surface area contributed by atoms with Crippen molar-refractivity contribution in [3.63, 3.8) is 0 Å². The molecule has 16 heavy (non-hydrogen) atoms. The van der Waals surface area contributed by atoms with Crippen molar-refractivity contribution in [1.82, 2.24) is 4.98 Å². The summed E-state index contributed by atoms with van der Waals surface area (Å²) in [6, 6.07) is 13.8. The van der Waals surface area contributed by atoms with E-state index in [-0.39, 0.29) is 0 Å². The third-order valence-corrected chi connectivity index (χ3v) is 2.19. The number of benzene rings is 1. The molecule has 0 radical (unpaired) electrons. The first kappa shape index (κ1) is 10.2. The van der Waals surface area contributed by atoms with Gasteiger partial charge in [0.25, 0.3) is 0 Å². The van der Waals surface area contributed by atoms with E-state index in [0.29, 0.717) is 6.42 Å². The summed E-state index contributed by atoms with van der Waals surface area (Å²) in [5.41, 5.74) is 2.98. The molecule has 1 aromatic carbocycles. The van der Waals surface area contributed by atoms with Gasteiger partial charge in [0.15, 0.2) is 0 Å². The van der Waals surface area contributed by atoms with E-state index in [9.17, 15) is 0 Å². The molecule has 78 valence electrons. The SMILES string of the molecule is N#CCc1ccc(Nc2cccnc2)cc1. The first-order valence-electron chi connectivity index (χ1n) is 5.01. The van der Waals surface area contributed by atoms with Gasteiger partial charge in [-0.05, 0) is 29.8 Å². The smallest absolute Gasteiger partial charge is 0.0669 e. The predicted octanol–water partition coefficient (Wildman–Crippen LogP) is 2.89. The van der Waals surface area contributed by atoms with Crippen LogP contribution >= 0.6 is 0 Å². The Kier molecular flexibility index (Phi) is 3.15. The second kappa shape index (κ2) is 4.94. The molecule has 0 bridgehead atoms. The van der Waals surface area contributed by atoms with Gasteiger partial charge in [-0.15, -0.1) is 0 Å². The lowest BCUT2D eigenvalue weighted by Crippen LogP contribution is -1.91. The highest BCUT2D eigenvalue weighted by atomic mass is 14.9. The van der Waals surface area contributed by atoms with Crippen molar-refractivity contribution < 1.29 is 0 Å². The lowest BCUT2D eigenvalue weighted by atomic mass is 10.1. The normalized spacial score (nSPS) is 9.44. The number of aromatic nitrogens is 1. The standard InChI is InChI=1S/C13H11N3/c14-8-7-11-3-5-12(6-4-11)16-13-2-1-9-15-10-13/h1-6,9-10,16H,7H2. The average molecular weight is 209 g/mol. The summed E-state index contributed by atoms with van der Waals surface area (Å²) in [7, 11) is 0. The molecule has 3 heteroatoms. The molecule has 2 aromatic rings. The highest BCUT2D eigenvalue weighted by molar-refractivity contribution is 5.58. The van der Waals surface area contributed by atoms with Crippen molar-refractivity contribution >= 4 is 11.4 Å². The highest BCUT2D eigenvalue weighted by Gasteiger charge is 1.95. The van der Waals surface area contributed by atoms with Gasteiger partial charge < -0.3 is 5.32 Å². The topological polar surface area (TPSA) is 48.7 Å². The minimum Gasteiger partial charge on any atom is -0.354 e. The van der Waals surface area contributed by atoms with Crippen molar-refractivity contribution in [1.29, 1.82) is 5.26 Å². The fourth-order valence-electron chi connectivity index (χ4n) is 1.40. The molecule has 0 aliphatic heterocycles. The Bertz CT molecular complexity index is 483. The minimum absolute atomic E-state index is 0.452. The Balaban J connectivity index is 2.09. The van der Waals surface area contributed by atoms with Crippen molar-refractivity contribution in [2.75, 3.05) is 5.32 Å². The molecule has 0 atom stereocenters. The number of hydrogen-bond acceptors (Lipinski definition) is 3. The van der Waals surface area contributed by atoms with Gasteiger partial charge in [-0.25, -0.2) is 0 Å². The van der Waals surface area contributed by atoms with Crippen LogP contribution in [0.5, 0.6) is 0 Å². The quantitative estimate of drug-likeness (QED) is 0.845. The second-order valence-electron chi connectivity index (χ2n) is 3.40. The first-order chi connectivity index (χ1) is 7.88. The maximum Gasteiger partial charge on any atom is 0.0669 e. The van der Waals surface area contributed by atoms with Crippen LogP contribution in [0.1, 0.15) is 5.56 Å². The van der Waals surface area contributed by atoms with Crippen LogP contribution in [0.15, 0.2) is 48.8 Å². The van der Waals surface area contributed by atoms with Crippen LogP contribution in [0, 0.1) is 11.3 Å². The zero-order valence-corrected chi connectivity index (χ0v) is 8.72. The zero-order chi connectivity index (χ0) is 11.2. The lowest BCUT2D eigenvalue weighted by molar-refractivity contribution is 1.26. The number of nitrogens with one attached hydrogen (secondary N) is 1. The summed E-state index contributed by atoms with van der Waals surface area (Å²) in [5, 5.41) is 11.8. The molecular weight excluding hydrogens is 198 g/mol. The summed E-state index contributed by atoms with van der Waals surface area (Å²) in [4.78, 5) is 4.02. The molecule has 2 rings (SSSR count). The minimum atomic E-state index is 0.452. The summed E-state index contributed by atoms with van der Waals surface area (Å²) in [6.45, 7) is 0. The third kappa shape index (κ3) is 2.58. The molecule has 0 fully saturated rings. The molecule has 0 aliphatic carbocycles. The summed E-state index contributed by atoms with van der Waals surface area (Å²) in [6.07, 6.45) is 3.96. The molecule has 0 spiro atoms. The van der Waals surface area contributed by atoms with E-state index < -0.39 is 0 Å². The average Bonchev–Trinajstić information content (AvgIpc) is 2.33. The Morgan fingerprint density at radius 2 is 1.94 bits per heavy atom. The van der Waals surface area contributed by atoms with Gasteiger partial charge in [0.1, 0.15) is 0 Å². The van der Waals surface area contributed by atoms with E-state index >= 15 is 0 Å². The van der Waals surface area contributed by atoms with Crippen molar-refractivity contribution in [3.05, 3.63) is 54.4 Å². The molecule has 0 unspecified atom stereocenters. The largest absolute Gasteiger partial charge is 0.354 e. The van der Waals surface area contributed by atoms with Crippen LogP contribution in [-0.4, -0.2) is 4.98 Å². The van der Waals surface area contributed by atoms with Gasteiger partial charge in [0.2, 0.25) is 0 Å². The fraction of sp³-hybridized carbons (Fsp3) is 0.0769. The molecule has 1 N–H and O–H groups in total. The summed E-state index contributed by atoms with van der Waals surface area (Å²) in [5.74, 6) is 0. The van der Waals surface area contributed by atoms with Crippen LogP contribution < -0.4 is 5.32 Å². The Morgan fingerprint density at radius 3 is 2.56 bits per heavy atom. The van der Waals surface area contributed by atoms with E-state index in [1.54, 1.807) is 12.4 Å². The van der Waals surface area contributed by atoms with E-state index in [1.807, 2.05) is 36.4 Å².